The quantitative estimate of drug-likeness (QED) is 0.855. The van der Waals surface area contributed by atoms with Crippen molar-refractivity contribution in [1.82, 2.24) is 0 Å². The van der Waals surface area contributed by atoms with E-state index in [1.807, 2.05) is 6.92 Å². The smallest absolute Gasteiger partial charge is 0.335 e. The van der Waals surface area contributed by atoms with E-state index in [-0.39, 0.29) is 11.5 Å². The normalized spacial score (nSPS) is 10.2. The number of hydrogen-bond donors (Lipinski definition) is 2. The highest BCUT2D eigenvalue weighted by Gasteiger charge is 2.06. The monoisotopic (exact) mass is 297 g/mol. The largest absolute Gasteiger partial charge is 0.478 e. The summed E-state index contributed by atoms with van der Waals surface area (Å²) in [4.78, 5) is 22.8. The summed E-state index contributed by atoms with van der Waals surface area (Å²) in [6.45, 7) is 2.04. The predicted molar refractivity (Wildman–Crippen MR) is 86.1 cm³/mol. The van der Waals surface area contributed by atoms with E-state index in [0.717, 1.165) is 12.8 Å². The number of carbonyl (C=O) groups excluding carboxylic acids is 1. The molecule has 0 spiro atoms. The lowest BCUT2D eigenvalue weighted by atomic mass is 10.1. The van der Waals surface area contributed by atoms with E-state index < -0.39 is 5.97 Å². The molecule has 0 aliphatic heterocycles. The highest BCUT2D eigenvalue weighted by atomic mass is 16.4. The van der Waals surface area contributed by atoms with Crippen LogP contribution in [0.5, 0.6) is 0 Å². The predicted octanol–water partition coefficient (Wildman–Crippen LogP) is 3.65. The van der Waals surface area contributed by atoms with E-state index in [1.165, 1.54) is 23.3 Å². The average Bonchev–Trinajstić information content (AvgIpc) is 2.49. The molecule has 2 rings (SSSR count). The van der Waals surface area contributed by atoms with Crippen molar-refractivity contribution < 1.29 is 14.7 Å². The van der Waals surface area contributed by atoms with Gasteiger partial charge in [0.25, 0.3) is 0 Å². The van der Waals surface area contributed by atoms with Crippen LogP contribution in [-0.4, -0.2) is 17.0 Å². The summed E-state index contributed by atoms with van der Waals surface area (Å²) < 4.78 is 0. The minimum Gasteiger partial charge on any atom is -0.478 e. The Balaban J connectivity index is 1.81. The van der Waals surface area contributed by atoms with Gasteiger partial charge in [-0.05, 0) is 43.5 Å². The van der Waals surface area contributed by atoms with Crippen LogP contribution in [0.2, 0.25) is 0 Å². The zero-order chi connectivity index (χ0) is 15.9. The summed E-state index contributed by atoms with van der Waals surface area (Å²) in [5.41, 5.74) is 3.11. The van der Waals surface area contributed by atoms with Gasteiger partial charge in [0.1, 0.15) is 0 Å². The van der Waals surface area contributed by atoms with Gasteiger partial charge in [0.15, 0.2) is 0 Å². The Morgan fingerprint density at radius 1 is 1.09 bits per heavy atom. The summed E-state index contributed by atoms with van der Waals surface area (Å²) in [7, 11) is 0. The Labute approximate surface area is 129 Å². The second-order valence-electron chi connectivity index (χ2n) is 5.27. The molecule has 22 heavy (non-hydrogen) atoms. The Morgan fingerprint density at radius 3 is 2.50 bits per heavy atom. The standard InChI is InChI=1S/C18H19NO3/c1-13-8-10-14(11-9-13)4-2-7-17(20)19-16-6-3-5-15(12-16)18(21)22/h3,5-6,8-12H,2,4,7H2,1H3,(H,19,20)(H,21,22). The lowest BCUT2D eigenvalue weighted by Gasteiger charge is -2.06. The molecule has 0 fully saturated rings. The molecule has 0 bridgehead atoms. The molecule has 0 saturated heterocycles. The van der Waals surface area contributed by atoms with Crippen molar-refractivity contribution in [3.8, 4) is 0 Å². The number of amides is 1. The number of aryl methyl sites for hydroxylation is 2. The van der Waals surface area contributed by atoms with Crippen LogP contribution >= 0.6 is 0 Å². The van der Waals surface area contributed by atoms with Crippen LogP contribution in [0.3, 0.4) is 0 Å². The Hall–Kier alpha value is -2.62. The molecule has 0 saturated carbocycles. The number of hydrogen-bond acceptors (Lipinski definition) is 2. The Morgan fingerprint density at radius 2 is 1.82 bits per heavy atom. The van der Waals surface area contributed by atoms with Crippen molar-refractivity contribution >= 4 is 17.6 Å². The third kappa shape index (κ3) is 4.74. The number of benzene rings is 2. The number of carboxylic acids is 1. The molecule has 0 aliphatic rings. The molecule has 4 nitrogen and oxygen atoms in total. The number of aromatic carboxylic acids is 1. The summed E-state index contributed by atoms with van der Waals surface area (Å²) in [5.74, 6) is -1.11. The third-order valence-corrected chi connectivity index (χ3v) is 3.38. The lowest BCUT2D eigenvalue weighted by molar-refractivity contribution is -0.116. The molecule has 2 aromatic rings. The lowest BCUT2D eigenvalue weighted by Crippen LogP contribution is -2.12. The van der Waals surface area contributed by atoms with Gasteiger partial charge in [-0.3, -0.25) is 4.79 Å². The maximum absolute atomic E-state index is 11.9. The summed E-state index contributed by atoms with van der Waals surface area (Å²) in [6.07, 6.45) is 2.02. The minimum atomic E-state index is -1.00. The van der Waals surface area contributed by atoms with Gasteiger partial charge in [0.2, 0.25) is 5.91 Å². The van der Waals surface area contributed by atoms with Gasteiger partial charge in [0.05, 0.1) is 5.56 Å². The first kappa shape index (κ1) is 15.8. The van der Waals surface area contributed by atoms with Crippen molar-refractivity contribution in [3.63, 3.8) is 0 Å². The number of carbonyl (C=O) groups is 2. The number of nitrogens with one attached hydrogen (secondary N) is 1. The molecule has 4 heteroatoms. The van der Waals surface area contributed by atoms with E-state index in [1.54, 1.807) is 12.1 Å². The highest BCUT2D eigenvalue weighted by Crippen LogP contribution is 2.12. The van der Waals surface area contributed by atoms with Gasteiger partial charge in [-0.1, -0.05) is 35.9 Å². The molecule has 2 aromatic carbocycles. The topological polar surface area (TPSA) is 66.4 Å². The van der Waals surface area contributed by atoms with Crippen LogP contribution in [0.15, 0.2) is 48.5 Å². The van der Waals surface area contributed by atoms with Crippen LogP contribution < -0.4 is 5.32 Å². The van der Waals surface area contributed by atoms with Crippen LogP contribution in [-0.2, 0) is 11.2 Å². The van der Waals surface area contributed by atoms with Crippen molar-refractivity contribution in [2.75, 3.05) is 5.32 Å². The molecule has 0 radical (unpaired) electrons. The van der Waals surface area contributed by atoms with Crippen molar-refractivity contribution in [2.24, 2.45) is 0 Å². The molecule has 1 amide bonds. The van der Waals surface area contributed by atoms with Crippen LogP contribution in [0.25, 0.3) is 0 Å². The Bertz CT molecular complexity index is 662. The number of rotatable bonds is 6. The first-order valence-electron chi connectivity index (χ1n) is 7.23. The van der Waals surface area contributed by atoms with Crippen molar-refractivity contribution in [3.05, 3.63) is 65.2 Å². The van der Waals surface area contributed by atoms with Crippen molar-refractivity contribution in [2.45, 2.75) is 26.2 Å². The number of anilines is 1. The van der Waals surface area contributed by atoms with Crippen molar-refractivity contribution in [1.29, 1.82) is 0 Å². The average molecular weight is 297 g/mol. The van der Waals surface area contributed by atoms with Gasteiger partial charge in [0, 0.05) is 12.1 Å². The number of carboxylic acid groups (broad SMARTS) is 1. The molecule has 2 N–H and O–H groups in total. The molecular weight excluding hydrogens is 278 g/mol. The van der Waals surface area contributed by atoms with E-state index in [4.69, 9.17) is 5.11 Å². The van der Waals surface area contributed by atoms with Gasteiger partial charge in [-0.15, -0.1) is 0 Å². The summed E-state index contributed by atoms with van der Waals surface area (Å²) in [6, 6.07) is 14.5. The van der Waals surface area contributed by atoms with E-state index in [0.29, 0.717) is 12.1 Å². The minimum absolute atomic E-state index is 0.102. The van der Waals surface area contributed by atoms with E-state index in [2.05, 4.69) is 29.6 Å². The first-order valence-corrected chi connectivity index (χ1v) is 7.23. The highest BCUT2D eigenvalue weighted by molar-refractivity contribution is 5.93. The second kappa shape index (κ2) is 7.41. The molecule has 0 aliphatic carbocycles. The van der Waals surface area contributed by atoms with E-state index >= 15 is 0 Å². The molecule has 0 unspecified atom stereocenters. The fourth-order valence-electron chi connectivity index (χ4n) is 2.16. The zero-order valence-electron chi connectivity index (χ0n) is 12.5. The van der Waals surface area contributed by atoms with Crippen LogP contribution in [0, 0.1) is 6.92 Å². The Kier molecular flexibility index (Phi) is 5.31. The summed E-state index contributed by atoms with van der Waals surface area (Å²) in [5, 5.41) is 11.6. The SMILES string of the molecule is Cc1ccc(CCCC(=O)Nc2cccc(C(=O)O)c2)cc1. The molecular formula is C18H19NO3. The fraction of sp³-hybridized carbons (Fsp3) is 0.222. The summed E-state index contributed by atoms with van der Waals surface area (Å²) >= 11 is 0. The third-order valence-electron chi connectivity index (χ3n) is 3.38. The van der Waals surface area contributed by atoms with Gasteiger partial charge >= 0.3 is 5.97 Å². The second-order valence-corrected chi connectivity index (χ2v) is 5.27. The molecule has 0 heterocycles. The fourth-order valence-corrected chi connectivity index (χ4v) is 2.16. The van der Waals surface area contributed by atoms with Gasteiger partial charge in [-0.25, -0.2) is 4.79 Å². The molecule has 0 atom stereocenters. The van der Waals surface area contributed by atoms with Crippen LogP contribution in [0.4, 0.5) is 5.69 Å². The molecule has 0 aromatic heterocycles. The van der Waals surface area contributed by atoms with E-state index in [9.17, 15) is 9.59 Å². The van der Waals surface area contributed by atoms with Gasteiger partial charge in [-0.2, -0.15) is 0 Å². The maximum Gasteiger partial charge on any atom is 0.335 e. The zero-order valence-corrected chi connectivity index (χ0v) is 12.5. The van der Waals surface area contributed by atoms with Crippen LogP contribution in [0.1, 0.15) is 34.3 Å². The molecule has 114 valence electrons. The van der Waals surface area contributed by atoms with Gasteiger partial charge < -0.3 is 10.4 Å². The maximum atomic E-state index is 11.9. The first-order chi connectivity index (χ1) is 10.5.